The van der Waals surface area contributed by atoms with Gasteiger partial charge in [0, 0.05) is 13.6 Å². The van der Waals surface area contributed by atoms with Gasteiger partial charge in [-0.15, -0.1) is 0 Å². The highest BCUT2D eigenvalue weighted by molar-refractivity contribution is 5.79. The molecule has 5 nitrogen and oxygen atoms in total. The minimum Gasteiger partial charge on any atom is -0.467 e. The number of rotatable bonds is 6. The monoisotopic (exact) mass is 309 g/mol. The van der Waals surface area contributed by atoms with E-state index in [1.54, 1.807) is 25.4 Å². The van der Waals surface area contributed by atoms with Crippen LogP contribution in [0.1, 0.15) is 11.3 Å². The summed E-state index contributed by atoms with van der Waals surface area (Å²) in [6.07, 6.45) is 1.60. The SMILES string of the molecule is CN=C(NCc1cccc(OC(F)F)c1)NCc1ccco1. The van der Waals surface area contributed by atoms with Gasteiger partial charge >= 0.3 is 6.61 Å². The molecule has 0 spiro atoms. The number of halogens is 2. The molecule has 0 aliphatic heterocycles. The smallest absolute Gasteiger partial charge is 0.387 e. The number of ether oxygens (including phenoxy) is 1. The molecule has 0 fully saturated rings. The van der Waals surface area contributed by atoms with Crippen molar-refractivity contribution in [3.63, 3.8) is 0 Å². The van der Waals surface area contributed by atoms with Crippen LogP contribution in [0.15, 0.2) is 52.1 Å². The Labute approximate surface area is 127 Å². The average Bonchev–Trinajstić information content (AvgIpc) is 3.00. The molecule has 0 radical (unpaired) electrons. The van der Waals surface area contributed by atoms with Crippen LogP contribution in [0.5, 0.6) is 5.75 Å². The minimum absolute atomic E-state index is 0.132. The second-order valence-corrected chi connectivity index (χ2v) is 4.38. The quantitative estimate of drug-likeness (QED) is 0.636. The lowest BCUT2D eigenvalue weighted by molar-refractivity contribution is -0.0498. The third-order valence-corrected chi connectivity index (χ3v) is 2.82. The van der Waals surface area contributed by atoms with Gasteiger partial charge in [0.1, 0.15) is 11.5 Å². The number of aliphatic imine (C=N–C) groups is 1. The van der Waals surface area contributed by atoms with Crippen molar-refractivity contribution in [2.75, 3.05) is 7.05 Å². The van der Waals surface area contributed by atoms with E-state index in [4.69, 9.17) is 4.42 Å². The van der Waals surface area contributed by atoms with Gasteiger partial charge in [-0.2, -0.15) is 8.78 Å². The molecule has 0 bridgehead atoms. The third kappa shape index (κ3) is 5.08. The fourth-order valence-electron chi connectivity index (χ4n) is 1.82. The summed E-state index contributed by atoms with van der Waals surface area (Å²) in [5, 5.41) is 6.17. The van der Waals surface area contributed by atoms with E-state index in [1.807, 2.05) is 18.2 Å². The molecule has 1 aromatic carbocycles. The van der Waals surface area contributed by atoms with Gasteiger partial charge in [0.2, 0.25) is 0 Å². The molecule has 2 aromatic rings. The van der Waals surface area contributed by atoms with Gasteiger partial charge in [-0.1, -0.05) is 12.1 Å². The fraction of sp³-hybridized carbons (Fsp3) is 0.267. The van der Waals surface area contributed by atoms with Crippen molar-refractivity contribution >= 4 is 5.96 Å². The molecule has 0 unspecified atom stereocenters. The van der Waals surface area contributed by atoms with Crippen LogP contribution in [0, 0.1) is 0 Å². The number of furan rings is 1. The first kappa shape index (κ1) is 15.8. The molecular weight excluding hydrogens is 292 g/mol. The Kier molecular flexibility index (Phi) is 5.76. The first-order valence-electron chi connectivity index (χ1n) is 6.68. The Balaban J connectivity index is 1.85. The normalized spacial score (nSPS) is 11.5. The highest BCUT2D eigenvalue weighted by Crippen LogP contribution is 2.15. The molecular formula is C15H17F2N3O2. The second-order valence-electron chi connectivity index (χ2n) is 4.38. The molecule has 7 heteroatoms. The van der Waals surface area contributed by atoms with E-state index in [9.17, 15) is 8.78 Å². The van der Waals surface area contributed by atoms with E-state index in [2.05, 4.69) is 20.4 Å². The molecule has 0 saturated heterocycles. The van der Waals surface area contributed by atoms with Crippen molar-refractivity contribution < 1.29 is 17.9 Å². The lowest BCUT2D eigenvalue weighted by Gasteiger charge is -2.12. The van der Waals surface area contributed by atoms with Crippen LogP contribution in [0.25, 0.3) is 0 Å². The predicted molar refractivity (Wildman–Crippen MR) is 78.8 cm³/mol. The van der Waals surface area contributed by atoms with E-state index in [0.717, 1.165) is 11.3 Å². The molecule has 0 aliphatic carbocycles. The maximum absolute atomic E-state index is 12.2. The molecule has 1 heterocycles. The molecule has 2 N–H and O–H groups in total. The number of hydrogen-bond donors (Lipinski definition) is 2. The van der Waals surface area contributed by atoms with Crippen molar-refractivity contribution in [1.82, 2.24) is 10.6 Å². The number of guanidine groups is 1. The van der Waals surface area contributed by atoms with Gasteiger partial charge in [-0.3, -0.25) is 4.99 Å². The highest BCUT2D eigenvalue weighted by atomic mass is 19.3. The molecule has 118 valence electrons. The topological polar surface area (TPSA) is 58.8 Å². The summed E-state index contributed by atoms with van der Waals surface area (Å²) >= 11 is 0. The van der Waals surface area contributed by atoms with Gasteiger partial charge in [-0.25, -0.2) is 0 Å². The van der Waals surface area contributed by atoms with Gasteiger partial charge in [0.25, 0.3) is 0 Å². The summed E-state index contributed by atoms with van der Waals surface area (Å²) in [6, 6.07) is 10.2. The number of benzene rings is 1. The van der Waals surface area contributed by atoms with E-state index in [0.29, 0.717) is 19.0 Å². The Bertz CT molecular complexity index is 601. The maximum Gasteiger partial charge on any atom is 0.387 e. The first-order chi connectivity index (χ1) is 10.7. The standard InChI is InChI=1S/C15H17F2N3O2/c1-18-15(20-10-13-6-3-7-21-13)19-9-11-4-2-5-12(8-11)22-14(16)17/h2-8,14H,9-10H2,1H3,(H2,18,19,20). The largest absolute Gasteiger partial charge is 0.467 e. The van der Waals surface area contributed by atoms with E-state index in [-0.39, 0.29) is 5.75 Å². The van der Waals surface area contributed by atoms with Crippen LogP contribution < -0.4 is 15.4 Å². The zero-order valence-electron chi connectivity index (χ0n) is 12.1. The molecule has 0 saturated carbocycles. The van der Waals surface area contributed by atoms with Crippen molar-refractivity contribution in [3.05, 3.63) is 54.0 Å². The number of nitrogens with zero attached hydrogens (tertiary/aromatic N) is 1. The van der Waals surface area contributed by atoms with Crippen LogP contribution >= 0.6 is 0 Å². The highest BCUT2D eigenvalue weighted by Gasteiger charge is 2.05. The van der Waals surface area contributed by atoms with Crippen LogP contribution in [0.3, 0.4) is 0 Å². The summed E-state index contributed by atoms with van der Waals surface area (Å²) < 4.78 is 33.9. The van der Waals surface area contributed by atoms with E-state index >= 15 is 0 Å². The van der Waals surface area contributed by atoms with Crippen molar-refractivity contribution in [2.45, 2.75) is 19.7 Å². The van der Waals surface area contributed by atoms with Gasteiger partial charge < -0.3 is 19.8 Å². The summed E-state index contributed by atoms with van der Waals surface area (Å²) in [6.45, 7) is -1.90. The Morgan fingerprint density at radius 1 is 1.23 bits per heavy atom. The molecule has 2 rings (SSSR count). The third-order valence-electron chi connectivity index (χ3n) is 2.82. The molecule has 0 amide bonds. The van der Waals surface area contributed by atoms with Gasteiger partial charge in [0.15, 0.2) is 5.96 Å². The van der Waals surface area contributed by atoms with E-state index in [1.165, 1.54) is 6.07 Å². The molecule has 22 heavy (non-hydrogen) atoms. The summed E-state index contributed by atoms with van der Waals surface area (Å²) in [5.41, 5.74) is 0.805. The summed E-state index contributed by atoms with van der Waals surface area (Å²) in [5.74, 6) is 1.50. The number of alkyl halides is 2. The minimum atomic E-state index is -2.83. The maximum atomic E-state index is 12.2. The first-order valence-corrected chi connectivity index (χ1v) is 6.68. The molecule has 0 aliphatic rings. The van der Waals surface area contributed by atoms with Crippen LogP contribution in [-0.2, 0) is 13.1 Å². The summed E-state index contributed by atoms with van der Waals surface area (Å²) in [7, 11) is 1.65. The Hall–Kier alpha value is -2.57. The van der Waals surface area contributed by atoms with Crippen LogP contribution in [0.2, 0.25) is 0 Å². The Morgan fingerprint density at radius 2 is 2.05 bits per heavy atom. The average molecular weight is 309 g/mol. The fourth-order valence-corrected chi connectivity index (χ4v) is 1.82. The van der Waals surface area contributed by atoms with Gasteiger partial charge in [0.05, 0.1) is 12.8 Å². The lowest BCUT2D eigenvalue weighted by atomic mass is 10.2. The zero-order chi connectivity index (χ0) is 15.8. The lowest BCUT2D eigenvalue weighted by Crippen LogP contribution is -2.36. The van der Waals surface area contributed by atoms with Crippen molar-refractivity contribution in [1.29, 1.82) is 0 Å². The van der Waals surface area contributed by atoms with Crippen molar-refractivity contribution in [2.24, 2.45) is 4.99 Å². The van der Waals surface area contributed by atoms with E-state index < -0.39 is 6.61 Å². The number of hydrogen-bond acceptors (Lipinski definition) is 3. The van der Waals surface area contributed by atoms with Gasteiger partial charge in [-0.05, 0) is 29.8 Å². The van der Waals surface area contributed by atoms with Crippen molar-refractivity contribution in [3.8, 4) is 5.75 Å². The molecule has 0 atom stereocenters. The van der Waals surface area contributed by atoms with Crippen LogP contribution in [-0.4, -0.2) is 19.6 Å². The Morgan fingerprint density at radius 3 is 2.73 bits per heavy atom. The predicted octanol–water partition coefficient (Wildman–Crippen LogP) is 2.75. The summed E-state index contributed by atoms with van der Waals surface area (Å²) in [4.78, 5) is 4.07. The second kappa shape index (κ2) is 8.02. The molecule has 1 aromatic heterocycles. The number of nitrogens with one attached hydrogen (secondary N) is 2. The zero-order valence-corrected chi connectivity index (χ0v) is 12.1. The van der Waals surface area contributed by atoms with Crippen LogP contribution in [0.4, 0.5) is 8.78 Å².